The third-order valence-electron chi connectivity index (χ3n) is 3.50. The van der Waals surface area contributed by atoms with Crippen LogP contribution in [-0.2, 0) is 10.0 Å². The van der Waals surface area contributed by atoms with Crippen LogP contribution in [0.25, 0.3) is 0 Å². The van der Waals surface area contributed by atoms with Gasteiger partial charge in [-0.15, -0.1) is 0 Å². The monoisotopic (exact) mass is 318 g/mol. The summed E-state index contributed by atoms with van der Waals surface area (Å²) in [7, 11) is 0.416. The summed E-state index contributed by atoms with van der Waals surface area (Å²) in [4.78, 5) is 8.17. The van der Waals surface area contributed by atoms with Crippen molar-refractivity contribution in [1.82, 2.24) is 19.5 Å². The minimum absolute atomic E-state index is 0.00545. The minimum Gasteiger partial charge on any atom is -0.303 e. The van der Waals surface area contributed by atoms with E-state index in [2.05, 4.69) is 19.5 Å². The molecule has 0 aliphatic carbocycles. The lowest BCUT2D eigenvalue weighted by Crippen LogP contribution is -2.54. The number of hydrogen-bond donors (Lipinski definition) is 1. The highest BCUT2D eigenvalue weighted by molar-refractivity contribution is 7.89. The van der Waals surface area contributed by atoms with Gasteiger partial charge in [-0.2, -0.15) is 0 Å². The number of rotatable bonds is 4. The van der Waals surface area contributed by atoms with Crippen molar-refractivity contribution in [3.05, 3.63) is 23.5 Å². The zero-order valence-corrected chi connectivity index (χ0v) is 13.2. The number of nitrogens with zero attached hydrogens (tertiary/aromatic N) is 3. The minimum atomic E-state index is -3.62. The van der Waals surface area contributed by atoms with Gasteiger partial charge in [0.05, 0.1) is 0 Å². The lowest BCUT2D eigenvalue weighted by Gasteiger charge is -2.37. The van der Waals surface area contributed by atoms with E-state index in [-0.39, 0.29) is 16.1 Å². The standard InChI is InChI=1S/C12H19ClN4O2S/c1-16-6-7-17(2)10(9-16)8-15-20(18,19)11-4-3-5-14-12(11)13/h3-5,10,15H,6-9H2,1-2H3. The molecule has 0 spiro atoms. The molecular weight excluding hydrogens is 300 g/mol. The number of nitrogens with one attached hydrogen (secondary N) is 1. The van der Waals surface area contributed by atoms with E-state index < -0.39 is 10.0 Å². The second-order valence-electron chi connectivity index (χ2n) is 5.04. The zero-order valence-electron chi connectivity index (χ0n) is 11.6. The van der Waals surface area contributed by atoms with Crippen LogP contribution in [0.15, 0.2) is 23.2 Å². The summed E-state index contributed by atoms with van der Waals surface area (Å²) < 4.78 is 27.0. The summed E-state index contributed by atoms with van der Waals surface area (Å²) in [6, 6.07) is 3.16. The van der Waals surface area contributed by atoms with Crippen molar-refractivity contribution >= 4 is 21.6 Å². The number of pyridine rings is 1. The molecule has 2 rings (SSSR count). The lowest BCUT2D eigenvalue weighted by atomic mass is 10.2. The fourth-order valence-corrected chi connectivity index (χ4v) is 3.70. The van der Waals surface area contributed by atoms with Gasteiger partial charge in [0.2, 0.25) is 10.0 Å². The molecule has 0 bridgehead atoms. The SMILES string of the molecule is CN1CCN(C)C(CNS(=O)(=O)c2cccnc2Cl)C1. The van der Waals surface area contributed by atoms with Crippen molar-refractivity contribution in [2.75, 3.05) is 40.3 Å². The number of hydrogen-bond acceptors (Lipinski definition) is 5. The molecule has 8 heteroatoms. The highest BCUT2D eigenvalue weighted by Crippen LogP contribution is 2.17. The molecule has 1 saturated heterocycles. The Bertz CT molecular complexity index is 566. The Balaban J connectivity index is 2.04. The number of likely N-dealkylation sites (N-methyl/N-ethyl adjacent to an activating group) is 2. The molecule has 1 aromatic heterocycles. The van der Waals surface area contributed by atoms with E-state index in [1.54, 1.807) is 6.07 Å². The van der Waals surface area contributed by atoms with Crippen molar-refractivity contribution in [3.8, 4) is 0 Å². The van der Waals surface area contributed by atoms with Gasteiger partial charge in [0, 0.05) is 38.4 Å². The first-order valence-electron chi connectivity index (χ1n) is 6.39. The Morgan fingerprint density at radius 2 is 2.20 bits per heavy atom. The topological polar surface area (TPSA) is 65.5 Å². The van der Waals surface area contributed by atoms with Crippen molar-refractivity contribution < 1.29 is 8.42 Å². The molecule has 1 fully saturated rings. The summed E-state index contributed by atoms with van der Waals surface area (Å²) in [5.41, 5.74) is 0. The third-order valence-corrected chi connectivity index (χ3v) is 5.37. The van der Waals surface area contributed by atoms with Crippen LogP contribution in [0.2, 0.25) is 5.15 Å². The normalized spacial score (nSPS) is 22.1. The van der Waals surface area contributed by atoms with E-state index in [9.17, 15) is 8.42 Å². The quantitative estimate of drug-likeness (QED) is 0.807. The first-order chi connectivity index (χ1) is 9.40. The van der Waals surface area contributed by atoms with E-state index in [0.717, 1.165) is 19.6 Å². The van der Waals surface area contributed by atoms with E-state index >= 15 is 0 Å². The zero-order chi connectivity index (χ0) is 14.8. The Labute approximate surface area is 124 Å². The van der Waals surface area contributed by atoms with E-state index in [0.29, 0.717) is 6.54 Å². The van der Waals surface area contributed by atoms with Crippen LogP contribution in [0.5, 0.6) is 0 Å². The van der Waals surface area contributed by atoms with Crippen LogP contribution >= 0.6 is 11.6 Å². The number of sulfonamides is 1. The van der Waals surface area contributed by atoms with Crippen LogP contribution in [0, 0.1) is 0 Å². The smallest absolute Gasteiger partial charge is 0.243 e. The second kappa shape index (κ2) is 6.36. The molecule has 1 unspecified atom stereocenters. The Kier molecular flexibility index (Phi) is 4.98. The molecule has 20 heavy (non-hydrogen) atoms. The van der Waals surface area contributed by atoms with Crippen LogP contribution in [0.3, 0.4) is 0 Å². The van der Waals surface area contributed by atoms with Gasteiger partial charge in [-0.1, -0.05) is 11.6 Å². The third kappa shape index (κ3) is 3.67. The van der Waals surface area contributed by atoms with Gasteiger partial charge in [-0.05, 0) is 26.2 Å². The molecule has 1 N–H and O–H groups in total. The summed E-state index contributed by atoms with van der Waals surface area (Å²) in [5, 5.41) is -0.00545. The second-order valence-corrected chi connectivity index (χ2v) is 7.13. The van der Waals surface area contributed by atoms with Gasteiger partial charge >= 0.3 is 0 Å². The highest BCUT2D eigenvalue weighted by atomic mass is 35.5. The van der Waals surface area contributed by atoms with Crippen LogP contribution in [-0.4, -0.2) is 69.5 Å². The maximum Gasteiger partial charge on any atom is 0.243 e. The molecule has 1 atom stereocenters. The Morgan fingerprint density at radius 3 is 2.90 bits per heavy atom. The number of aromatic nitrogens is 1. The molecular formula is C12H19ClN4O2S. The van der Waals surface area contributed by atoms with E-state index in [1.807, 2.05) is 14.1 Å². The summed E-state index contributed by atoms with van der Waals surface area (Å²) in [5.74, 6) is 0. The van der Waals surface area contributed by atoms with Gasteiger partial charge in [-0.3, -0.25) is 4.90 Å². The van der Waals surface area contributed by atoms with Crippen molar-refractivity contribution in [1.29, 1.82) is 0 Å². The first kappa shape index (κ1) is 15.7. The molecule has 0 radical (unpaired) electrons. The fourth-order valence-electron chi connectivity index (χ4n) is 2.18. The van der Waals surface area contributed by atoms with E-state index in [4.69, 9.17) is 11.6 Å². The molecule has 1 aromatic rings. The van der Waals surface area contributed by atoms with E-state index in [1.165, 1.54) is 12.3 Å². The van der Waals surface area contributed by atoms with Gasteiger partial charge in [-0.25, -0.2) is 18.1 Å². The maximum absolute atomic E-state index is 12.2. The molecule has 112 valence electrons. The Morgan fingerprint density at radius 1 is 1.45 bits per heavy atom. The van der Waals surface area contributed by atoms with Gasteiger partial charge < -0.3 is 4.90 Å². The van der Waals surface area contributed by atoms with Crippen molar-refractivity contribution in [2.45, 2.75) is 10.9 Å². The van der Waals surface area contributed by atoms with Gasteiger partial charge in [0.15, 0.2) is 0 Å². The highest BCUT2D eigenvalue weighted by Gasteiger charge is 2.25. The van der Waals surface area contributed by atoms with Crippen molar-refractivity contribution in [3.63, 3.8) is 0 Å². The molecule has 0 amide bonds. The molecule has 2 heterocycles. The molecule has 0 aromatic carbocycles. The predicted octanol–water partition coefficient (Wildman–Crippen LogP) is 0.259. The maximum atomic E-state index is 12.2. The molecule has 1 aliphatic rings. The number of halogens is 1. The lowest BCUT2D eigenvalue weighted by molar-refractivity contribution is 0.117. The molecule has 6 nitrogen and oxygen atoms in total. The predicted molar refractivity (Wildman–Crippen MR) is 78.4 cm³/mol. The van der Waals surface area contributed by atoms with Gasteiger partial charge in [0.25, 0.3) is 0 Å². The first-order valence-corrected chi connectivity index (χ1v) is 8.25. The summed E-state index contributed by atoms with van der Waals surface area (Å²) in [6.07, 6.45) is 1.46. The summed E-state index contributed by atoms with van der Waals surface area (Å²) in [6.45, 7) is 3.11. The van der Waals surface area contributed by atoms with Crippen LogP contribution in [0.4, 0.5) is 0 Å². The molecule has 0 saturated carbocycles. The van der Waals surface area contributed by atoms with Crippen molar-refractivity contribution in [2.24, 2.45) is 0 Å². The van der Waals surface area contributed by atoms with Crippen LogP contribution < -0.4 is 4.72 Å². The fraction of sp³-hybridized carbons (Fsp3) is 0.583. The molecule has 1 aliphatic heterocycles. The largest absolute Gasteiger partial charge is 0.303 e. The number of piperazine rings is 1. The average Bonchev–Trinajstić information content (AvgIpc) is 2.40. The van der Waals surface area contributed by atoms with Gasteiger partial charge in [0.1, 0.15) is 10.0 Å². The average molecular weight is 319 g/mol. The Hall–Kier alpha value is -0.730. The summed E-state index contributed by atoms with van der Waals surface area (Å²) >= 11 is 5.83. The van der Waals surface area contributed by atoms with Crippen LogP contribution in [0.1, 0.15) is 0 Å².